The van der Waals surface area contributed by atoms with Gasteiger partial charge >= 0.3 is 0 Å². The Morgan fingerprint density at radius 2 is 1.05 bits per heavy atom. The van der Waals surface area contributed by atoms with E-state index in [4.69, 9.17) is 9.47 Å². The van der Waals surface area contributed by atoms with Gasteiger partial charge in [0.2, 0.25) is 0 Å². The minimum absolute atomic E-state index is 0.441. The molecule has 4 aromatic rings. The van der Waals surface area contributed by atoms with Crippen molar-refractivity contribution in [2.75, 3.05) is 13.7 Å². The Morgan fingerprint density at radius 1 is 0.550 bits per heavy atom. The van der Waals surface area contributed by atoms with Crippen molar-refractivity contribution in [3.05, 3.63) is 116 Å². The zero-order chi connectivity index (χ0) is 28.6. The van der Waals surface area contributed by atoms with Crippen LogP contribution in [0.2, 0.25) is 0 Å². The van der Waals surface area contributed by atoms with E-state index in [2.05, 4.69) is 109 Å². The van der Waals surface area contributed by atoms with Gasteiger partial charge in [0, 0.05) is 0 Å². The minimum atomic E-state index is -0.441. The van der Waals surface area contributed by atoms with E-state index in [0.717, 1.165) is 30.1 Å². The summed E-state index contributed by atoms with van der Waals surface area (Å²) in [6.07, 6.45) is 4.82. The third-order valence-corrected chi connectivity index (χ3v) is 9.06. The Labute approximate surface area is 241 Å². The van der Waals surface area contributed by atoms with Crippen molar-refractivity contribution >= 4 is 0 Å². The standard InChI is InChI=1S/C38H44O2/c1-9-10-11-12-17-40-37-16-14-31(19-29(37)7)38(30-13-15-36(39-8)28(6)18-30)34-22-26(4)24(2)20-32(34)33-21-25(3)27(5)23-35(33)38/h13-16,18-23H,9-12,17H2,1-8H3. The van der Waals surface area contributed by atoms with Gasteiger partial charge in [0.25, 0.3) is 0 Å². The maximum Gasteiger partial charge on any atom is 0.122 e. The number of benzene rings is 4. The van der Waals surface area contributed by atoms with Gasteiger partial charge in [0.15, 0.2) is 0 Å². The van der Waals surface area contributed by atoms with E-state index in [0.29, 0.717) is 0 Å². The number of fused-ring (bicyclic) bond motifs is 3. The molecule has 0 radical (unpaired) electrons. The lowest BCUT2D eigenvalue weighted by Crippen LogP contribution is -2.29. The normalized spacial score (nSPS) is 13.2. The van der Waals surface area contributed by atoms with E-state index in [1.54, 1.807) is 7.11 Å². The molecular formula is C38H44O2. The summed E-state index contributed by atoms with van der Waals surface area (Å²) < 4.78 is 12.0. The van der Waals surface area contributed by atoms with Crippen LogP contribution in [0.25, 0.3) is 11.1 Å². The van der Waals surface area contributed by atoms with Gasteiger partial charge in [-0.25, -0.2) is 0 Å². The zero-order valence-electron chi connectivity index (χ0n) is 25.6. The van der Waals surface area contributed by atoms with E-state index in [-0.39, 0.29) is 0 Å². The zero-order valence-corrected chi connectivity index (χ0v) is 25.6. The van der Waals surface area contributed by atoms with Crippen molar-refractivity contribution in [1.82, 2.24) is 0 Å². The van der Waals surface area contributed by atoms with Gasteiger partial charge in [-0.1, -0.05) is 74.7 Å². The molecule has 0 heterocycles. The third kappa shape index (κ3) is 4.62. The number of rotatable bonds is 9. The summed E-state index contributed by atoms with van der Waals surface area (Å²) in [6.45, 7) is 16.3. The summed E-state index contributed by atoms with van der Waals surface area (Å²) in [6, 6.07) is 23.3. The fourth-order valence-corrected chi connectivity index (χ4v) is 6.50. The van der Waals surface area contributed by atoms with Crippen LogP contribution in [0.15, 0.2) is 60.7 Å². The average molecular weight is 533 g/mol. The SMILES string of the molecule is CCCCCCOc1ccc(C2(c3ccc(OC)c(C)c3)c3cc(C)c(C)cc3-c3cc(C)c(C)cc32)cc1C. The monoisotopic (exact) mass is 532 g/mol. The highest BCUT2D eigenvalue weighted by molar-refractivity contribution is 5.88. The first-order chi connectivity index (χ1) is 19.2. The second-order valence-electron chi connectivity index (χ2n) is 11.8. The maximum absolute atomic E-state index is 6.28. The van der Waals surface area contributed by atoms with Crippen LogP contribution in [0.3, 0.4) is 0 Å². The van der Waals surface area contributed by atoms with E-state index in [1.165, 1.54) is 80.5 Å². The lowest BCUT2D eigenvalue weighted by Gasteiger charge is -2.35. The summed E-state index contributed by atoms with van der Waals surface area (Å²) >= 11 is 0. The molecule has 5 rings (SSSR count). The molecule has 0 aliphatic heterocycles. The highest BCUT2D eigenvalue weighted by Crippen LogP contribution is 2.57. The Morgan fingerprint density at radius 3 is 1.52 bits per heavy atom. The van der Waals surface area contributed by atoms with Crippen LogP contribution in [-0.4, -0.2) is 13.7 Å². The molecule has 2 nitrogen and oxygen atoms in total. The molecule has 4 aromatic carbocycles. The van der Waals surface area contributed by atoms with E-state index in [1.807, 2.05) is 0 Å². The molecule has 208 valence electrons. The van der Waals surface area contributed by atoms with Gasteiger partial charge in [0.1, 0.15) is 11.5 Å². The molecule has 2 heteroatoms. The first-order valence-corrected chi connectivity index (χ1v) is 14.8. The van der Waals surface area contributed by atoms with Gasteiger partial charge in [-0.15, -0.1) is 0 Å². The summed E-state index contributed by atoms with van der Waals surface area (Å²) in [7, 11) is 1.75. The fraction of sp³-hybridized carbons (Fsp3) is 0.368. The molecule has 0 atom stereocenters. The van der Waals surface area contributed by atoms with Gasteiger partial charge in [0.05, 0.1) is 19.1 Å². The lowest BCUT2D eigenvalue weighted by atomic mass is 9.66. The Balaban J connectivity index is 1.77. The van der Waals surface area contributed by atoms with Gasteiger partial charge < -0.3 is 9.47 Å². The van der Waals surface area contributed by atoms with Crippen LogP contribution < -0.4 is 9.47 Å². The highest BCUT2D eigenvalue weighted by atomic mass is 16.5. The van der Waals surface area contributed by atoms with E-state index < -0.39 is 5.41 Å². The van der Waals surface area contributed by atoms with Crippen LogP contribution in [0, 0.1) is 41.5 Å². The molecule has 1 aliphatic carbocycles. The van der Waals surface area contributed by atoms with Crippen molar-refractivity contribution in [2.24, 2.45) is 0 Å². The Bertz CT molecular complexity index is 1500. The number of aryl methyl sites for hydroxylation is 6. The predicted octanol–water partition coefficient (Wildman–Crippen LogP) is 9.87. The molecule has 0 N–H and O–H groups in total. The molecule has 0 saturated heterocycles. The number of unbranched alkanes of at least 4 members (excludes halogenated alkanes) is 3. The van der Waals surface area contributed by atoms with Gasteiger partial charge in [-0.2, -0.15) is 0 Å². The molecule has 0 saturated carbocycles. The highest BCUT2D eigenvalue weighted by Gasteiger charge is 2.47. The maximum atomic E-state index is 6.28. The molecule has 0 unspecified atom stereocenters. The average Bonchev–Trinajstić information content (AvgIpc) is 3.18. The van der Waals surface area contributed by atoms with Gasteiger partial charge in [-0.05, 0) is 127 Å². The summed E-state index contributed by atoms with van der Waals surface area (Å²) in [5.41, 5.74) is 15.1. The molecule has 1 aliphatic rings. The number of ether oxygens (including phenoxy) is 2. The second-order valence-corrected chi connectivity index (χ2v) is 11.8. The molecule has 40 heavy (non-hydrogen) atoms. The summed E-state index contributed by atoms with van der Waals surface area (Å²) in [5.74, 6) is 1.90. The quantitative estimate of drug-likeness (QED) is 0.176. The largest absolute Gasteiger partial charge is 0.496 e. The van der Waals surface area contributed by atoms with Crippen LogP contribution in [-0.2, 0) is 5.41 Å². The van der Waals surface area contributed by atoms with Crippen LogP contribution in [0.4, 0.5) is 0 Å². The molecule has 0 aromatic heterocycles. The third-order valence-electron chi connectivity index (χ3n) is 9.06. The van der Waals surface area contributed by atoms with Crippen molar-refractivity contribution in [2.45, 2.75) is 79.6 Å². The topological polar surface area (TPSA) is 18.5 Å². The number of methoxy groups -OCH3 is 1. The van der Waals surface area contributed by atoms with Crippen molar-refractivity contribution in [3.8, 4) is 22.6 Å². The van der Waals surface area contributed by atoms with Crippen molar-refractivity contribution in [3.63, 3.8) is 0 Å². The molecule has 0 amide bonds. The fourth-order valence-electron chi connectivity index (χ4n) is 6.50. The second kappa shape index (κ2) is 11.2. The van der Waals surface area contributed by atoms with Gasteiger partial charge in [-0.3, -0.25) is 0 Å². The van der Waals surface area contributed by atoms with Crippen LogP contribution >= 0.6 is 0 Å². The first kappa shape index (κ1) is 28.0. The van der Waals surface area contributed by atoms with Crippen molar-refractivity contribution in [1.29, 1.82) is 0 Å². The summed E-state index contributed by atoms with van der Waals surface area (Å²) in [5, 5.41) is 0. The predicted molar refractivity (Wildman–Crippen MR) is 168 cm³/mol. The molecule has 0 bridgehead atoms. The Kier molecular flexibility index (Phi) is 7.82. The number of hydrogen-bond donors (Lipinski definition) is 0. The molecular weight excluding hydrogens is 488 g/mol. The first-order valence-electron chi connectivity index (χ1n) is 14.8. The molecule has 0 fully saturated rings. The lowest BCUT2D eigenvalue weighted by molar-refractivity contribution is 0.303. The van der Waals surface area contributed by atoms with E-state index in [9.17, 15) is 0 Å². The van der Waals surface area contributed by atoms with E-state index >= 15 is 0 Å². The Hall–Kier alpha value is -3.52. The van der Waals surface area contributed by atoms with Crippen molar-refractivity contribution < 1.29 is 9.47 Å². The number of hydrogen-bond acceptors (Lipinski definition) is 2. The molecule has 0 spiro atoms. The smallest absolute Gasteiger partial charge is 0.122 e. The minimum Gasteiger partial charge on any atom is -0.496 e. The van der Waals surface area contributed by atoms with Crippen LogP contribution in [0.1, 0.15) is 88.2 Å². The van der Waals surface area contributed by atoms with Crippen LogP contribution in [0.5, 0.6) is 11.5 Å². The summed E-state index contributed by atoms with van der Waals surface area (Å²) in [4.78, 5) is 0.